The Morgan fingerprint density at radius 3 is 2.64 bits per heavy atom. The number of hydrogen-bond donors (Lipinski definition) is 2. The molecule has 0 aliphatic carbocycles. The van der Waals surface area contributed by atoms with Crippen LogP contribution in [0, 0.1) is 11.6 Å². The number of aromatic amines is 2. The maximum Gasteiger partial charge on any atom is 0.157 e. The second-order valence-electron chi connectivity index (χ2n) is 10.0. The Morgan fingerprint density at radius 2 is 1.77 bits per heavy atom. The van der Waals surface area contributed by atoms with Gasteiger partial charge in [-0.05, 0) is 73.5 Å². The van der Waals surface area contributed by atoms with E-state index in [4.69, 9.17) is 4.98 Å². The lowest BCUT2D eigenvalue weighted by atomic mass is 10.0. The Hall–Kier alpha value is -4.50. The van der Waals surface area contributed by atoms with Crippen LogP contribution in [-0.4, -0.2) is 48.1 Å². The van der Waals surface area contributed by atoms with Crippen LogP contribution in [-0.2, 0) is 6.54 Å². The highest BCUT2D eigenvalue weighted by molar-refractivity contribution is 5.97. The molecule has 9 heteroatoms. The van der Waals surface area contributed by atoms with E-state index in [2.05, 4.69) is 36.1 Å². The van der Waals surface area contributed by atoms with Crippen LogP contribution in [0.4, 0.5) is 8.78 Å². The quantitative estimate of drug-likeness (QED) is 0.271. The number of halogens is 2. The highest BCUT2D eigenvalue weighted by Gasteiger charge is 2.19. The third-order valence-electron chi connectivity index (χ3n) is 7.33. The number of nitrogens with zero attached hydrogens (tertiary/aromatic N) is 5. The molecule has 6 aromatic rings. The lowest BCUT2D eigenvalue weighted by molar-refractivity contribution is 0.220. The molecule has 5 heterocycles. The van der Waals surface area contributed by atoms with E-state index in [9.17, 15) is 4.39 Å². The number of aromatic nitrogens is 6. The van der Waals surface area contributed by atoms with Crippen LogP contribution in [0.5, 0.6) is 0 Å². The van der Waals surface area contributed by atoms with Gasteiger partial charge in [0, 0.05) is 41.6 Å². The third kappa shape index (κ3) is 4.44. The molecular weight excluding hydrogens is 496 g/mol. The van der Waals surface area contributed by atoms with Gasteiger partial charge in [0.25, 0.3) is 0 Å². The van der Waals surface area contributed by atoms with Crippen LogP contribution < -0.4 is 0 Å². The summed E-state index contributed by atoms with van der Waals surface area (Å²) in [6.45, 7) is 3.03. The molecule has 4 aromatic heterocycles. The van der Waals surface area contributed by atoms with Crippen LogP contribution in [0.25, 0.3) is 55.8 Å². The van der Waals surface area contributed by atoms with Gasteiger partial charge in [0.15, 0.2) is 11.6 Å². The van der Waals surface area contributed by atoms with Gasteiger partial charge in [0.05, 0.1) is 11.2 Å². The third-order valence-corrected chi connectivity index (χ3v) is 7.33. The van der Waals surface area contributed by atoms with Crippen molar-refractivity contribution in [3.05, 3.63) is 84.3 Å². The molecule has 0 bridgehead atoms. The first-order valence-electron chi connectivity index (χ1n) is 13.1. The molecule has 0 atom stereocenters. The molecule has 1 aliphatic heterocycles. The number of likely N-dealkylation sites (tertiary alicyclic amines) is 1. The number of hydrogen-bond acceptors (Lipinski definition) is 5. The Balaban J connectivity index is 1.29. The zero-order chi connectivity index (χ0) is 26.3. The normalized spacial score (nSPS) is 14.4. The summed E-state index contributed by atoms with van der Waals surface area (Å²) in [5.41, 5.74) is 5.96. The van der Waals surface area contributed by atoms with Crippen LogP contribution in [0.3, 0.4) is 0 Å². The van der Waals surface area contributed by atoms with E-state index in [1.807, 2.05) is 12.3 Å². The van der Waals surface area contributed by atoms with Gasteiger partial charge in [-0.2, -0.15) is 5.10 Å². The molecular formula is C30H25F2N7. The Labute approximate surface area is 223 Å². The summed E-state index contributed by atoms with van der Waals surface area (Å²) in [6.07, 6.45) is 9.03. The van der Waals surface area contributed by atoms with Gasteiger partial charge in [-0.15, -0.1) is 0 Å². The van der Waals surface area contributed by atoms with Crippen molar-refractivity contribution < 1.29 is 8.78 Å². The molecule has 0 amide bonds. The number of nitrogens with one attached hydrogen (secondary N) is 2. The summed E-state index contributed by atoms with van der Waals surface area (Å²) >= 11 is 0. The minimum atomic E-state index is -0.426. The van der Waals surface area contributed by atoms with Gasteiger partial charge < -0.3 is 4.98 Å². The van der Waals surface area contributed by atoms with Crippen molar-refractivity contribution in [1.29, 1.82) is 0 Å². The molecule has 0 unspecified atom stereocenters. The summed E-state index contributed by atoms with van der Waals surface area (Å²) in [6, 6.07) is 13.6. The molecule has 2 N–H and O–H groups in total. The number of benzene rings is 2. The summed E-state index contributed by atoms with van der Waals surface area (Å²) in [7, 11) is 0. The van der Waals surface area contributed by atoms with E-state index in [1.54, 1.807) is 30.6 Å². The van der Waals surface area contributed by atoms with Crippen molar-refractivity contribution in [2.24, 2.45) is 0 Å². The number of fused-ring (bicyclic) bond motifs is 2. The van der Waals surface area contributed by atoms with Crippen LogP contribution in [0.2, 0.25) is 0 Å². The van der Waals surface area contributed by atoms with E-state index in [-0.39, 0.29) is 11.3 Å². The second-order valence-corrected chi connectivity index (χ2v) is 10.0. The van der Waals surface area contributed by atoms with Crippen molar-refractivity contribution in [2.75, 3.05) is 13.1 Å². The number of pyridine rings is 2. The summed E-state index contributed by atoms with van der Waals surface area (Å²) < 4.78 is 29.2. The van der Waals surface area contributed by atoms with Crippen LogP contribution in [0.15, 0.2) is 67.1 Å². The van der Waals surface area contributed by atoms with E-state index in [0.717, 1.165) is 36.3 Å². The van der Waals surface area contributed by atoms with E-state index in [0.29, 0.717) is 39.2 Å². The molecule has 2 aromatic carbocycles. The van der Waals surface area contributed by atoms with Crippen molar-refractivity contribution in [3.8, 4) is 33.9 Å². The van der Waals surface area contributed by atoms with Crippen LogP contribution in [0.1, 0.15) is 24.8 Å². The van der Waals surface area contributed by atoms with Gasteiger partial charge in [0.1, 0.15) is 22.5 Å². The van der Waals surface area contributed by atoms with Crippen molar-refractivity contribution in [1.82, 2.24) is 35.0 Å². The summed E-state index contributed by atoms with van der Waals surface area (Å²) in [5, 5.41) is 7.80. The standard InChI is InChI=1S/C30H25F2N7/c31-22-6-4-5-19(12-22)26-29-25(7-8-34-26)35-30(36-29)28-23-13-20(14-24(32)27(23)37-38-28)21-11-18(15-33-16-21)17-39-9-2-1-3-10-39/h4-8,11-16H,1-3,9-10,17H2,(H,35,36)(H,37,38). The van der Waals surface area contributed by atoms with E-state index >= 15 is 4.39 Å². The topological polar surface area (TPSA) is 86.4 Å². The van der Waals surface area contributed by atoms with Crippen molar-refractivity contribution >= 4 is 21.9 Å². The highest BCUT2D eigenvalue weighted by atomic mass is 19.1. The number of rotatable bonds is 5. The highest BCUT2D eigenvalue weighted by Crippen LogP contribution is 2.34. The predicted molar refractivity (Wildman–Crippen MR) is 147 cm³/mol. The Morgan fingerprint density at radius 1 is 0.872 bits per heavy atom. The predicted octanol–water partition coefficient (Wildman–Crippen LogP) is 6.49. The van der Waals surface area contributed by atoms with Crippen LogP contribution >= 0.6 is 0 Å². The van der Waals surface area contributed by atoms with Crippen molar-refractivity contribution in [2.45, 2.75) is 25.8 Å². The molecule has 0 radical (unpaired) electrons. The largest absolute Gasteiger partial charge is 0.337 e. The average Bonchev–Trinajstić information content (AvgIpc) is 3.58. The summed E-state index contributed by atoms with van der Waals surface area (Å²) in [5.74, 6) is -0.282. The smallest absolute Gasteiger partial charge is 0.157 e. The average molecular weight is 522 g/mol. The molecule has 1 saturated heterocycles. The number of piperidine rings is 1. The first-order chi connectivity index (χ1) is 19.1. The van der Waals surface area contributed by atoms with Gasteiger partial charge >= 0.3 is 0 Å². The first-order valence-corrected chi connectivity index (χ1v) is 13.1. The molecule has 0 saturated carbocycles. The number of imidazole rings is 1. The zero-order valence-corrected chi connectivity index (χ0v) is 21.1. The molecule has 7 rings (SSSR count). The SMILES string of the molecule is Fc1cccc(-c2nccc3[nH]c(-c4[nH]nc5c(F)cc(-c6cncc(CN7CCCCC7)c6)cc45)nc23)c1. The number of H-pyrrole nitrogens is 2. The van der Waals surface area contributed by atoms with E-state index < -0.39 is 5.82 Å². The lowest BCUT2D eigenvalue weighted by Crippen LogP contribution is -2.29. The molecule has 0 spiro atoms. The minimum absolute atomic E-state index is 0.232. The molecule has 1 fully saturated rings. The van der Waals surface area contributed by atoms with Gasteiger partial charge in [-0.3, -0.25) is 20.0 Å². The fourth-order valence-corrected chi connectivity index (χ4v) is 5.43. The monoisotopic (exact) mass is 521 g/mol. The molecule has 7 nitrogen and oxygen atoms in total. The summed E-state index contributed by atoms with van der Waals surface area (Å²) in [4.78, 5) is 19.4. The molecule has 1 aliphatic rings. The van der Waals surface area contributed by atoms with E-state index in [1.165, 1.54) is 37.5 Å². The lowest BCUT2D eigenvalue weighted by Gasteiger charge is -2.26. The first kappa shape index (κ1) is 23.6. The Kier molecular flexibility index (Phi) is 5.85. The fraction of sp³-hybridized carbons (Fsp3) is 0.200. The maximum absolute atomic E-state index is 15.3. The minimum Gasteiger partial charge on any atom is -0.337 e. The van der Waals surface area contributed by atoms with Gasteiger partial charge in [-0.1, -0.05) is 18.6 Å². The molecule has 39 heavy (non-hydrogen) atoms. The second kappa shape index (κ2) is 9.67. The van der Waals surface area contributed by atoms with Gasteiger partial charge in [0.2, 0.25) is 0 Å². The van der Waals surface area contributed by atoms with Gasteiger partial charge in [-0.25, -0.2) is 13.8 Å². The Bertz CT molecular complexity index is 1820. The van der Waals surface area contributed by atoms with Crippen molar-refractivity contribution in [3.63, 3.8) is 0 Å². The fourth-order valence-electron chi connectivity index (χ4n) is 5.43. The maximum atomic E-state index is 15.3. The zero-order valence-electron chi connectivity index (χ0n) is 21.1. The molecule has 194 valence electrons.